The van der Waals surface area contributed by atoms with Crippen molar-refractivity contribution in [3.05, 3.63) is 39.3 Å². The molecule has 0 saturated carbocycles. The van der Waals surface area contributed by atoms with Gasteiger partial charge < -0.3 is 5.73 Å². The van der Waals surface area contributed by atoms with E-state index in [0.717, 1.165) is 21.6 Å². The van der Waals surface area contributed by atoms with E-state index in [4.69, 9.17) is 10.7 Å². The maximum Gasteiger partial charge on any atom is 0.123 e. The lowest BCUT2D eigenvalue weighted by atomic mass is 9.87. The second-order valence-electron chi connectivity index (χ2n) is 5.36. The fourth-order valence-corrected chi connectivity index (χ4v) is 3.68. The Labute approximate surface area is 127 Å². The summed E-state index contributed by atoms with van der Waals surface area (Å²) in [6, 6.07) is 8.30. The maximum atomic E-state index is 5.72. The van der Waals surface area contributed by atoms with Crippen molar-refractivity contribution in [2.45, 2.75) is 32.6 Å². The van der Waals surface area contributed by atoms with E-state index in [1.54, 1.807) is 11.3 Å². The van der Waals surface area contributed by atoms with E-state index in [1.807, 2.05) is 0 Å². The molecule has 0 spiro atoms. The molecule has 1 aromatic carbocycles. The summed E-state index contributed by atoms with van der Waals surface area (Å²) in [7, 11) is 0. The fraction of sp³-hybridized carbons (Fsp3) is 0.400. The van der Waals surface area contributed by atoms with E-state index in [0.29, 0.717) is 6.54 Å². The first-order valence-electron chi connectivity index (χ1n) is 6.38. The molecule has 0 amide bonds. The lowest BCUT2D eigenvalue weighted by Gasteiger charge is -2.22. The van der Waals surface area contributed by atoms with Crippen LogP contribution < -0.4 is 5.73 Å². The van der Waals surface area contributed by atoms with Crippen LogP contribution in [0.15, 0.2) is 28.7 Å². The van der Waals surface area contributed by atoms with Crippen LogP contribution in [0.5, 0.6) is 0 Å². The van der Waals surface area contributed by atoms with Gasteiger partial charge in [-0.05, 0) is 32.0 Å². The zero-order chi connectivity index (χ0) is 14.0. The molecule has 0 saturated heterocycles. The Morgan fingerprint density at radius 3 is 2.47 bits per heavy atom. The van der Waals surface area contributed by atoms with Gasteiger partial charge in [0, 0.05) is 20.3 Å². The minimum atomic E-state index is 0.101. The SMILES string of the molecule is Cc1nc(-c2ccc(Br)cc2)sc1C(C)(C)CCN. The molecule has 1 aromatic heterocycles. The molecule has 0 aliphatic rings. The van der Waals surface area contributed by atoms with Crippen LogP contribution in [0.2, 0.25) is 0 Å². The Morgan fingerprint density at radius 2 is 1.89 bits per heavy atom. The third-order valence-electron chi connectivity index (χ3n) is 3.27. The van der Waals surface area contributed by atoms with Crippen LogP contribution in [-0.4, -0.2) is 11.5 Å². The lowest BCUT2D eigenvalue weighted by molar-refractivity contribution is 0.494. The van der Waals surface area contributed by atoms with Crippen molar-refractivity contribution in [2.75, 3.05) is 6.54 Å². The minimum absolute atomic E-state index is 0.101. The van der Waals surface area contributed by atoms with Crippen molar-refractivity contribution in [2.24, 2.45) is 5.73 Å². The van der Waals surface area contributed by atoms with Crippen molar-refractivity contribution in [1.82, 2.24) is 4.98 Å². The van der Waals surface area contributed by atoms with Crippen molar-refractivity contribution in [3.8, 4) is 10.6 Å². The van der Waals surface area contributed by atoms with Crippen LogP contribution in [0.4, 0.5) is 0 Å². The Kier molecular flexibility index (Phi) is 4.43. The Bertz CT molecular complexity index is 558. The van der Waals surface area contributed by atoms with E-state index >= 15 is 0 Å². The monoisotopic (exact) mass is 338 g/mol. The van der Waals surface area contributed by atoms with Gasteiger partial charge in [-0.25, -0.2) is 4.98 Å². The third kappa shape index (κ3) is 3.25. The van der Waals surface area contributed by atoms with Crippen LogP contribution in [-0.2, 0) is 5.41 Å². The smallest absolute Gasteiger partial charge is 0.123 e. The van der Waals surface area contributed by atoms with Gasteiger partial charge in [-0.1, -0.05) is 41.9 Å². The van der Waals surface area contributed by atoms with Gasteiger partial charge in [0.25, 0.3) is 0 Å². The summed E-state index contributed by atoms with van der Waals surface area (Å²) in [5, 5.41) is 1.09. The lowest BCUT2D eigenvalue weighted by Crippen LogP contribution is -2.21. The molecule has 2 nitrogen and oxygen atoms in total. The molecule has 0 aliphatic heterocycles. The van der Waals surface area contributed by atoms with Gasteiger partial charge in [0.1, 0.15) is 5.01 Å². The van der Waals surface area contributed by atoms with Gasteiger partial charge in [-0.15, -0.1) is 11.3 Å². The highest BCUT2D eigenvalue weighted by Crippen LogP contribution is 2.37. The summed E-state index contributed by atoms with van der Waals surface area (Å²) in [5.74, 6) is 0. The summed E-state index contributed by atoms with van der Waals surface area (Å²) in [4.78, 5) is 6.06. The third-order valence-corrected chi connectivity index (χ3v) is 5.37. The minimum Gasteiger partial charge on any atom is -0.330 e. The summed E-state index contributed by atoms with van der Waals surface area (Å²) in [6.07, 6.45) is 0.982. The molecule has 1 heterocycles. The average molecular weight is 339 g/mol. The maximum absolute atomic E-state index is 5.72. The van der Waals surface area contributed by atoms with Gasteiger partial charge in [0.05, 0.1) is 5.69 Å². The van der Waals surface area contributed by atoms with E-state index in [9.17, 15) is 0 Å². The molecule has 2 rings (SSSR count). The Balaban J connectivity index is 2.38. The molecule has 4 heteroatoms. The quantitative estimate of drug-likeness (QED) is 0.890. The molecule has 0 fully saturated rings. The van der Waals surface area contributed by atoms with Crippen LogP contribution in [0, 0.1) is 6.92 Å². The summed E-state index contributed by atoms with van der Waals surface area (Å²) in [6.45, 7) is 7.28. The van der Waals surface area contributed by atoms with Crippen LogP contribution in [0.25, 0.3) is 10.6 Å². The fourth-order valence-electron chi connectivity index (χ4n) is 2.21. The normalized spacial score (nSPS) is 11.8. The molecule has 0 aliphatic carbocycles. The van der Waals surface area contributed by atoms with Crippen LogP contribution in [0.3, 0.4) is 0 Å². The predicted octanol–water partition coefficient (Wildman–Crippen LogP) is 4.51. The summed E-state index contributed by atoms with van der Waals surface area (Å²) >= 11 is 5.24. The van der Waals surface area contributed by atoms with Gasteiger partial charge in [-0.2, -0.15) is 0 Å². The van der Waals surface area contributed by atoms with Gasteiger partial charge in [0.2, 0.25) is 0 Å². The highest BCUT2D eigenvalue weighted by atomic mass is 79.9. The molecule has 2 N–H and O–H groups in total. The molecule has 2 aromatic rings. The number of nitrogens with two attached hydrogens (primary N) is 1. The highest BCUT2D eigenvalue weighted by molar-refractivity contribution is 9.10. The van der Waals surface area contributed by atoms with Crippen LogP contribution >= 0.6 is 27.3 Å². The zero-order valence-electron chi connectivity index (χ0n) is 11.5. The molecule has 0 radical (unpaired) electrons. The second-order valence-corrected chi connectivity index (χ2v) is 7.28. The van der Waals surface area contributed by atoms with E-state index in [2.05, 4.69) is 61.0 Å². The Hall–Kier alpha value is -0.710. The molecule has 0 unspecified atom stereocenters. The number of nitrogens with zero attached hydrogens (tertiary/aromatic N) is 1. The largest absolute Gasteiger partial charge is 0.330 e. The number of aromatic nitrogens is 1. The van der Waals surface area contributed by atoms with Gasteiger partial charge >= 0.3 is 0 Å². The molecular formula is C15H19BrN2S. The topological polar surface area (TPSA) is 38.9 Å². The van der Waals surface area contributed by atoms with E-state index in [1.165, 1.54) is 10.4 Å². The first-order valence-corrected chi connectivity index (χ1v) is 7.99. The van der Waals surface area contributed by atoms with E-state index in [-0.39, 0.29) is 5.41 Å². The first kappa shape index (κ1) is 14.7. The summed E-state index contributed by atoms with van der Waals surface area (Å²) in [5.41, 5.74) is 8.12. The molecule has 19 heavy (non-hydrogen) atoms. The number of thiazole rings is 1. The van der Waals surface area contributed by atoms with E-state index < -0.39 is 0 Å². The van der Waals surface area contributed by atoms with Crippen molar-refractivity contribution in [1.29, 1.82) is 0 Å². The van der Waals surface area contributed by atoms with Gasteiger partial charge in [-0.3, -0.25) is 0 Å². The summed E-state index contributed by atoms with van der Waals surface area (Å²) < 4.78 is 1.09. The van der Waals surface area contributed by atoms with Crippen molar-refractivity contribution < 1.29 is 0 Å². The molecule has 102 valence electrons. The predicted molar refractivity (Wildman–Crippen MR) is 86.7 cm³/mol. The van der Waals surface area contributed by atoms with Gasteiger partial charge in [0.15, 0.2) is 0 Å². The first-order chi connectivity index (χ1) is 8.94. The number of hydrogen-bond acceptors (Lipinski definition) is 3. The van der Waals surface area contributed by atoms with Crippen molar-refractivity contribution in [3.63, 3.8) is 0 Å². The van der Waals surface area contributed by atoms with Crippen molar-refractivity contribution >= 4 is 27.3 Å². The number of aryl methyl sites for hydroxylation is 1. The number of halogens is 1. The second kappa shape index (κ2) is 5.73. The zero-order valence-corrected chi connectivity index (χ0v) is 13.9. The average Bonchev–Trinajstić information content (AvgIpc) is 2.73. The molecular weight excluding hydrogens is 320 g/mol. The van der Waals surface area contributed by atoms with Crippen LogP contribution in [0.1, 0.15) is 30.8 Å². The Morgan fingerprint density at radius 1 is 1.26 bits per heavy atom. The highest BCUT2D eigenvalue weighted by Gasteiger charge is 2.25. The number of hydrogen-bond donors (Lipinski definition) is 1. The molecule has 0 bridgehead atoms. The number of rotatable bonds is 4. The number of benzene rings is 1. The standard InChI is InChI=1S/C15H19BrN2S/c1-10-13(15(2,3)8-9-17)19-14(18-10)11-4-6-12(16)7-5-11/h4-7H,8-9,17H2,1-3H3. The molecule has 0 atom stereocenters.